The van der Waals surface area contributed by atoms with Crippen molar-refractivity contribution in [2.24, 2.45) is 0 Å². The van der Waals surface area contributed by atoms with Gasteiger partial charge in [0.05, 0.1) is 16.5 Å². The molecule has 0 spiro atoms. The standard InChI is InChI=1S/C19H15ClFNO3S2/c1-27(24,25)18-11-13(4-9-17(18)20)19(23)22(12-16-3-2-10-26-16)15-7-5-14(21)6-8-15/h2-11H,12H2,1H3. The molecule has 8 heteroatoms. The first kappa shape index (κ1) is 19.5. The van der Waals surface area contributed by atoms with Crippen molar-refractivity contribution in [2.45, 2.75) is 11.4 Å². The van der Waals surface area contributed by atoms with Gasteiger partial charge in [0.2, 0.25) is 0 Å². The first-order chi connectivity index (χ1) is 12.8. The van der Waals surface area contributed by atoms with Gasteiger partial charge in [0, 0.05) is 22.4 Å². The number of benzene rings is 2. The van der Waals surface area contributed by atoms with E-state index in [1.807, 2.05) is 17.5 Å². The molecule has 27 heavy (non-hydrogen) atoms. The molecule has 1 aromatic heterocycles. The molecule has 3 rings (SSSR count). The van der Waals surface area contributed by atoms with Crippen LogP contribution >= 0.6 is 22.9 Å². The second-order valence-electron chi connectivity index (χ2n) is 5.86. The summed E-state index contributed by atoms with van der Waals surface area (Å²) in [5.41, 5.74) is 0.686. The van der Waals surface area contributed by atoms with Gasteiger partial charge >= 0.3 is 0 Å². The molecule has 0 saturated carbocycles. The molecule has 0 bridgehead atoms. The first-order valence-electron chi connectivity index (χ1n) is 7.85. The Morgan fingerprint density at radius 3 is 2.44 bits per heavy atom. The van der Waals surface area contributed by atoms with E-state index in [1.165, 1.54) is 58.7 Å². The molecular formula is C19H15ClFNO3S2. The van der Waals surface area contributed by atoms with E-state index in [0.29, 0.717) is 5.69 Å². The van der Waals surface area contributed by atoms with Crippen LogP contribution in [0.1, 0.15) is 15.2 Å². The molecule has 3 aromatic rings. The highest BCUT2D eigenvalue weighted by Gasteiger charge is 2.22. The SMILES string of the molecule is CS(=O)(=O)c1cc(C(=O)N(Cc2cccs2)c2ccc(F)cc2)ccc1Cl. The minimum absolute atomic E-state index is 0.0561. The topological polar surface area (TPSA) is 54.5 Å². The quantitative estimate of drug-likeness (QED) is 0.592. The predicted molar refractivity (Wildman–Crippen MR) is 106 cm³/mol. The van der Waals surface area contributed by atoms with E-state index in [4.69, 9.17) is 11.6 Å². The Morgan fingerprint density at radius 1 is 1.15 bits per heavy atom. The van der Waals surface area contributed by atoms with Crippen molar-refractivity contribution in [3.8, 4) is 0 Å². The third-order valence-electron chi connectivity index (χ3n) is 3.86. The maximum absolute atomic E-state index is 13.3. The first-order valence-corrected chi connectivity index (χ1v) is 11.0. The number of sulfone groups is 1. The Balaban J connectivity index is 2.04. The van der Waals surface area contributed by atoms with Gasteiger partial charge in [-0.15, -0.1) is 11.3 Å². The van der Waals surface area contributed by atoms with Crippen LogP contribution < -0.4 is 4.90 Å². The summed E-state index contributed by atoms with van der Waals surface area (Å²) in [5, 5.41) is 1.95. The molecule has 0 unspecified atom stereocenters. The van der Waals surface area contributed by atoms with Gasteiger partial charge in [-0.25, -0.2) is 12.8 Å². The van der Waals surface area contributed by atoms with Gasteiger partial charge < -0.3 is 4.90 Å². The van der Waals surface area contributed by atoms with E-state index in [1.54, 1.807) is 0 Å². The number of rotatable bonds is 5. The van der Waals surface area contributed by atoms with E-state index >= 15 is 0 Å². The molecule has 0 aliphatic carbocycles. The lowest BCUT2D eigenvalue weighted by Crippen LogP contribution is -2.30. The fraction of sp³-hybridized carbons (Fsp3) is 0.105. The van der Waals surface area contributed by atoms with Crippen molar-refractivity contribution in [3.63, 3.8) is 0 Å². The molecule has 0 aliphatic heterocycles. The van der Waals surface area contributed by atoms with Crippen LogP contribution in [0.5, 0.6) is 0 Å². The monoisotopic (exact) mass is 423 g/mol. The summed E-state index contributed by atoms with van der Waals surface area (Å²) in [6, 6.07) is 13.5. The largest absolute Gasteiger partial charge is 0.303 e. The smallest absolute Gasteiger partial charge is 0.258 e. The molecule has 1 heterocycles. The number of thiophene rings is 1. The Labute approximate surface area is 165 Å². The van der Waals surface area contributed by atoms with Gasteiger partial charge in [-0.2, -0.15) is 0 Å². The van der Waals surface area contributed by atoms with Crippen LogP contribution in [0.25, 0.3) is 0 Å². The van der Waals surface area contributed by atoms with Crippen molar-refractivity contribution < 1.29 is 17.6 Å². The van der Waals surface area contributed by atoms with E-state index in [2.05, 4.69) is 0 Å². The zero-order valence-corrected chi connectivity index (χ0v) is 16.6. The van der Waals surface area contributed by atoms with Crippen LogP contribution in [0, 0.1) is 5.82 Å². The highest BCUT2D eigenvalue weighted by Crippen LogP contribution is 2.26. The molecule has 0 aliphatic rings. The molecule has 0 N–H and O–H groups in total. The van der Waals surface area contributed by atoms with E-state index < -0.39 is 21.6 Å². The van der Waals surface area contributed by atoms with Crippen LogP contribution in [-0.4, -0.2) is 20.6 Å². The molecule has 2 aromatic carbocycles. The van der Waals surface area contributed by atoms with E-state index in [9.17, 15) is 17.6 Å². The summed E-state index contributed by atoms with van der Waals surface area (Å²) in [5.74, 6) is -0.815. The second kappa shape index (κ2) is 7.80. The Bertz CT molecular complexity index is 1060. The summed E-state index contributed by atoms with van der Waals surface area (Å²) in [6.07, 6.45) is 1.03. The third kappa shape index (κ3) is 4.55. The van der Waals surface area contributed by atoms with Gasteiger partial charge in [-0.1, -0.05) is 17.7 Å². The Kier molecular flexibility index (Phi) is 5.64. The normalized spacial score (nSPS) is 11.4. The fourth-order valence-electron chi connectivity index (χ4n) is 2.54. The number of anilines is 1. The van der Waals surface area contributed by atoms with Crippen LogP contribution in [0.4, 0.5) is 10.1 Å². The highest BCUT2D eigenvalue weighted by molar-refractivity contribution is 7.90. The summed E-state index contributed by atoms with van der Waals surface area (Å²) < 4.78 is 37.1. The number of hydrogen-bond acceptors (Lipinski definition) is 4. The number of carbonyl (C=O) groups is 1. The van der Waals surface area contributed by atoms with Crippen LogP contribution in [0.2, 0.25) is 5.02 Å². The van der Waals surface area contributed by atoms with Gasteiger partial charge in [0.25, 0.3) is 5.91 Å². The van der Waals surface area contributed by atoms with Crippen molar-refractivity contribution in [1.29, 1.82) is 0 Å². The molecule has 140 valence electrons. The Hall–Kier alpha value is -2.22. The molecular weight excluding hydrogens is 409 g/mol. The number of hydrogen-bond donors (Lipinski definition) is 0. The summed E-state index contributed by atoms with van der Waals surface area (Å²) >= 11 is 7.46. The van der Waals surface area contributed by atoms with E-state index in [-0.39, 0.29) is 22.0 Å². The van der Waals surface area contributed by atoms with Crippen molar-refractivity contribution >= 4 is 44.4 Å². The van der Waals surface area contributed by atoms with Crippen molar-refractivity contribution in [1.82, 2.24) is 0 Å². The lowest BCUT2D eigenvalue weighted by molar-refractivity contribution is 0.0985. The average molecular weight is 424 g/mol. The maximum atomic E-state index is 13.3. The van der Waals surface area contributed by atoms with Crippen LogP contribution in [0.15, 0.2) is 64.9 Å². The second-order valence-corrected chi connectivity index (χ2v) is 9.29. The van der Waals surface area contributed by atoms with Crippen LogP contribution in [0.3, 0.4) is 0 Å². The number of amides is 1. The lowest BCUT2D eigenvalue weighted by atomic mass is 10.1. The summed E-state index contributed by atoms with van der Waals surface area (Å²) in [4.78, 5) is 15.4. The Morgan fingerprint density at radius 2 is 1.85 bits per heavy atom. The number of carbonyl (C=O) groups excluding carboxylic acids is 1. The van der Waals surface area contributed by atoms with Gasteiger partial charge in [0.15, 0.2) is 9.84 Å². The minimum atomic E-state index is -3.59. The molecule has 1 amide bonds. The van der Waals surface area contributed by atoms with Gasteiger partial charge in [-0.3, -0.25) is 4.79 Å². The van der Waals surface area contributed by atoms with Gasteiger partial charge in [0.1, 0.15) is 5.82 Å². The molecule has 4 nitrogen and oxygen atoms in total. The predicted octanol–water partition coefficient (Wildman–Crippen LogP) is 4.79. The summed E-state index contributed by atoms with van der Waals surface area (Å²) in [6.45, 7) is 0.277. The third-order valence-corrected chi connectivity index (χ3v) is 6.29. The fourth-order valence-corrected chi connectivity index (χ4v) is 4.53. The zero-order valence-electron chi connectivity index (χ0n) is 14.2. The molecule has 0 atom stereocenters. The van der Waals surface area contributed by atoms with Crippen molar-refractivity contribution in [3.05, 3.63) is 81.3 Å². The van der Waals surface area contributed by atoms with Gasteiger partial charge in [-0.05, 0) is 53.9 Å². The molecule has 0 fully saturated rings. The molecule has 0 saturated heterocycles. The number of nitrogens with zero attached hydrogens (tertiary/aromatic N) is 1. The van der Waals surface area contributed by atoms with E-state index in [0.717, 1.165) is 11.1 Å². The highest BCUT2D eigenvalue weighted by atomic mass is 35.5. The van der Waals surface area contributed by atoms with Crippen LogP contribution in [-0.2, 0) is 16.4 Å². The zero-order chi connectivity index (χ0) is 19.6. The number of halogens is 2. The maximum Gasteiger partial charge on any atom is 0.258 e. The summed E-state index contributed by atoms with van der Waals surface area (Å²) in [7, 11) is -3.59. The van der Waals surface area contributed by atoms with Crippen molar-refractivity contribution in [2.75, 3.05) is 11.2 Å². The molecule has 0 radical (unpaired) electrons. The lowest BCUT2D eigenvalue weighted by Gasteiger charge is -2.23. The minimum Gasteiger partial charge on any atom is -0.303 e. The average Bonchev–Trinajstić information content (AvgIpc) is 3.13.